The van der Waals surface area contributed by atoms with Gasteiger partial charge in [0.1, 0.15) is 0 Å². The number of nitrogens with zero attached hydrogens (tertiary/aromatic N) is 2. The number of aryl methyl sites for hydroxylation is 2. The smallest absolute Gasteiger partial charge is 0.258 e. The van der Waals surface area contributed by atoms with Gasteiger partial charge in [0.05, 0.1) is 28.8 Å². The van der Waals surface area contributed by atoms with Crippen LogP contribution in [-0.4, -0.2) is 38.5 Å². The minimum absolute atomic E-state index is 0. The largest absolute Gasteiger partial charge is 0.387 e. The lowest BCUT2D eigenvalue weighted by atomic mass is 9.86. The fraction of sp³-hybridized carbons (Fsp3) is 0.257. The first-order valence-corrected chi connectivity index (χ1v) is 15.4. The molecule has 3 aliphatic carbocycles. The zero-order valence-corrected chi connectivity index (χ0v) is 25.9. The predicted molar refractivity (Wildman–Crippen MR) is 179 cm³/mol. The molecule has 0 radical (unpaired) electrons. The summed E-state index contributed by atoms with van der Waals surface area (Å²) >= 11 is 6.76. The van der Waals surface area contributed by atoms with Gasteiger partial charge in [0, 0.05) is 44.1 Å². The van der Waals surface area contributed by atoms with Gasteiger partial charge < -0.3 is 5.11 Å². The van der Waals surface area contributed by atoms with E-state index < -0.39 is 5.92 Å². The Morgan fingerprint density at radius 3 is 1.64 bits per heavy atom. The average molecular weight is 735 g/mol. The first-order chi connectivity index (χ1) is 20.7. The molecule has 3 heterocycles. The second-order valence-electron chi connectivity index (χ2n) is 10.7. The molecule has 0 spiro atoms. The number of pyridine rings is 2. The maximum absolute atomic E-state index is 12.6. The fourth-order valence-corrected chi connectivity index (χ4v) is 6.83. The molecule has 0 saturated carbocycles. The highest BCUT2D eigenvalue weighted by atomic mass is 79.9. The second-order valence-corrected chi connectivity index (χ2v) is 12.5. The van der Waals surface area contributed by atoms with Crippen LogP contribution in [0.4, 0.5) is 0 Å². The molecular weight excluding hydrogens is 702 g/mol. The number of fused-ring (bicyclic) bond motifs is 4. The molecule has 2 amide bonds. The molecular formula is C35H33Br2N3O5. The van der Waals surface area contributed by atoms with Crippen LogP contribution in [0, 0.1) is 5.92 Å². The lowest BCUT2D eigenvalue weighted by Crippen LogP contribution is -2.23. The number of aromatic nitrogens is 2. The number of aliphatic hydroxyl groups excluding tert-OH is 1. The lowest BCUT2D eigenvalue weighted by molar-refractivity contribution is 0.0810. The molecule has 0 saturated heterocycles. The molecule has 0 bridgehead atoms. The van der Waals surface area contributed by atoms with Crippen LogP contribution in [0.25, 0.3) is 0 Å². The maximum Gasteiger partial charge on any atom is 0.258 e. The Kier molecular flexibility index (Phi) is 10.6. The molecule has 2 atom stereocenters. The number of nitrogens with one attached hydrogen (secondary N) is 1. The van der Waals surface area contributed by atoms with Gasteiger partial charge in [-0.05, 0) is 92.9 Å². The van der Waals surface area contributed by atoms with E-state index >= 15 is 0 Å². The summed E-state index contributed by atoms with van der Waals surface area (Å²) in [5.74, 6) is -1.36. The number of rotatable bonds is 1. The van der Waals surface area contributed by atoms with E-state index in [0.717, 1.165) is 51.6 Å². The van der Waals surface area contributed by atoms with Crippen molar-refractivity contribution in [3.8, 4) is 0 Å². The van der Waals surface area contributed by atoms with Gasteiger partial charge in [-0.2, -0.15) is 0 Å². The lowest BCUT2D eigenvalue weighted by Gasteiger charge is -2.15. The summed E-state index contributed by atoms with van der Waals surface area (Å²) in [6.07, 6.45) is 6.59. The average Bonchev–Trinajstić information content (AvgIpc) is 3.73. The first kappa shape index (κ1) is 34.0. The number of hydrogen-bond donors (Lipinski definition) is 2. The Bertz CT molecular complexity index is 1740. The van der Waals surface area contributed by atoms with Crippen molar-refractivity contribution in [3.05, 3.63) is 127 Å². The van der Waals surface area contributed by atoms with E-state index in [9.17, 15) is 24.3 Å². The van der Waals surface area contributed by atoms with Crippen molar-refractivity contribution in [2.24, 2.45) is 5.92 Å². The molecule has 45 heavy (non-hydrogen) atoms. The van der Waals surface area contributed by atoms with Crippen molar-refractivity contribution in [3.63, 3.8) is 0 Å². The predicted octanol–water partition coefficient (Wildman–Crippen LogP) is 7.24. The zero-order valence-electron chi connectivity index (χ0n) is 22.7. The third-order valence-electron chi connectivity index (χ3n) is 8.08. The number of Topliss-reactive ketones (excluding diaryl/α,β-unsaturated/α-hetero) is 2. The van der Waals surface area contributed by atoms with Gasteiger partial charge in [-0.1, -0.05) is 51.3 Å². The number of carbonyl (C=O) groups is 4. The van der Waals surface area contributed by atoms with Gasteiger partial charge in [0.2, 0.25) is 0 Å². The normalized spacial score (nSPS) is 18.6. The number of imide groups is 1. The van der Waals surface area contributed by atoms with Crippen molar-refractivity contribution < 1.29 is 24.3 Å². The van der Waals surface area contributed by atoms with E-state index in [1.54, 1.807) is 48.8 Å². The van der Waals surface area contributed by atoms with Crippen molar-refractivity contribution >= 4 is 55.2 Å². The molecule has 8 nitrogen and oxygen atoms in total. The van der Waals surface area contributed by atoms with Crippen LogP contribution in [0.2, 0.25) is 0 Å². The van der Waals surface area contributed by atoms with Gasteiger partial charge in [0.25, 0.3) is 11.8 Å². The Hall–Kier alpha value is -3.86. The molecule has 8 rings (SSSR count). The molecule has 2 aromatic heterocycles. The SMILES string of the molecule is C.C.O=C1NC(=O)c2ccccc21.O=C1c2ccccc2C(=O)C1C1CCc2cc(Br)cnc21.OC1CCc2cc(Br)cnc21. The van der Waals surface area contributed by atoms with Crippen LogP contribution in [0.15, 0.2) is 82.0 Å². The van der Waals surface area contributed by atoms with Crippen molar-refractivity contribution in [1.82, 2.24) is 15.3 Å². The summed E-state index contributed by atoms with van der Waals surface area (Å²) in [6, 6.07) is 17.9. The van der Waals surface area contributed by atoms with Crippen LogP contribution in [-0.2, 0) is 12.8 Å². The summed E-state index contributed by atoms with van der Waals surface area (Å²) in [4.78, 5) is 55.7. The number of amides is 2. The molecule has 0 fully saturated rings. The Labute approximate surface area is 279 Å². The van der Waals surface area contributed by atoms with Crippen molar-refractivity contribution in [1.29, 1.82) is 0 Å². The highest BCUT2D eigenvalue weighted by Crippen LogP contribution is 2.43. The number of aliphatic hydroxyl groups is 1. The van der Waals surface area contributed by atoms with E-state index in [2.05, 4.69) is 47.1 Å². The summed E-state index contributed by atoms with van der Waals surface area (Å²) in [5, 5.41) is 11.6. The number of hydrogen-bond acceptors (Lipinski definition) is 7. The minimum Gasteiger partial charge on any atom is -0.387 e. The molecule has 2 N–H and O–H groups in total. The molecule has 232 valence electrons. The highest BCUT2D eigenvalue weighted by molar-refractivity contribution is 9.10. The Balaban J connectivity index is 0.000000164. The van der Waals surface area contributed by atoms with E-state index in [0.29, 0.717) is 22.3 Å². The Morgan fingerprint density at radius 2 is 1.11 bits per heavy atom. The van der Waals surface area contributed by atoms with Gasteiger partial charge in [0.15, 0.2) is 11.6 Å². The van der Waals surface area contributed by atoms with Crippen LogP contribution in [0.5, 0.6) is 0 Å². The third-order valence-corrected chi connectivity index (χ3v) is 8.95. The third kappa shape index (κ3) is 6.59. The second kappa shape index (κ2) is 14.1. The summed E-state index contributed by atoms with van der Waals surface area (Å²) in [6.45, 7) is 0. The highest BCUT2D eigenvalue weighted by Gasteiger charge is 2.46. The topological polar surface area (TPSA) is 126 Å². The molecule has 1 aliphatic heterocycles. The van der Waals surface area contributed by atoms with E-state index in [-0.39, 0.29) is 50.3 Å². The fourth-order valence-electron chi connectivity index (χ4n) is 6.07. The number of carbonyl (C=O) groups excluding carboxylic acids is 4. The van der Waals surface area contributed by atoms with Crippen LogP contribution in [0.1, 0.15) is 104 Å². The number of halogens is 2. The molecule has 2 unspecified atom stereocenters. The zero-order chi connectivity index (χ0) is 30.2. The maximum atomic E-state index is 12.6. The van der Waals surface area contributed by atoms with E-state index in [4.69, 9.17) is 0 Å². The summed E-state index contributed by atoms with van der Waals surface area (Å²) in [5.41, 5.74) is 6.16. The van der Waals surface area contributed by atoms with Crippen molar-refractivity contribution in [2.75, 3.05) is 0 Å². The quantitative estimate of drug-likeness (QED) is 0.156. The summed E-state index contributed by atoms with van der Waals surface area (Å²) in [7, 11) is 0. The van der Waals surface area contributed by atoms with E-state index in [1.807, 2.05) is 24.3 Å². The van der Waals surface area contributed by atoms with E-state index in [1.165, 1.54) is 5.56 Å². The van der Waals surface area contributed by atoms with Gasteiger partial charge >= 0.3 is 0 Å². The monoisotopic (exact) mass is 733 g/mol. The molecule has 10 heteroatoms. The summed E-state index contributed by atoms with van der Waals surface area (Å²) < 4.78 is 1.93. The standard InChI is InChI=1S/C17H12BrNO2.C8H8BrNO.C8H5NO2.2CH4/c18-10-7-9-5-6-13(15(9)19-8-10)14-16(20)11-3-1-2-4-12(11)17(14)21;9-6-3-5-1-2-7(11)8(5)10-4-6;10-7-5-3-1-2-4-6(5)8(11)9-7;;/h1-4,7-8,13-14H,5-6H2;3-4,7,11H,1-2H2;1-4H,(H,9,10,11);2*1H4. The van der Waals surface area contributed by atoms with Crippen LogP contribution in [0.3, 0.4) is 0 Å². The van der Waals surface area contributed by atoms with Crippen LogP contribution < -0.4 is 5.32 Å². The number of ketones is 2. The first-order valence-electron chi connectivity index (χ1n) is 13.8. The van der Waals surface area contributed by atoms with Crippen molar-refractivity contribution in [2.45, 2.75) is 52.6 Å². The molecule has 2 aromatic carbocycles. The van der Waals surface area contributed by atoms with Gasteiger partial charge in [-0.3, -0.25) is 34.5 Å². The molecule has 4 aromatic rings. The minimum atomic E-state index is -0.586. The van der Waals surface area contributed by atoms with Gasteiger partial charge in [-0.15, -0.1) is 0 Å². The van der Waals surface area contributed by atoms with Crippen LogP contribution >= 0.6 is 31.9 Å². The molecule has 4 aliphatic rings. The number of benzene rings is 2. The van der Waals surface area contributed by atoms with Gasteiger partial charge in [-0.25, -0.2) is 0 Å². The Morgan fingerprint density at radius 1 is 0.667 bits per heavy atom.